The molecule has 3 aromatic rings. The van der Waals surface area contributed by atoms with Crippen molar-refractivity contribution in [3.05, 3.63) is 69.4 Å². The van der Waals surface area contributed by atoms with Crippen LogP contribution in [-0.2, 0) is 11.3 Å². The molecule has 4 nitrogen and oxygen atoms in total. The van der Waals surface area contributed by atoms with E-state index in [1.54, 1.807) is 5.01 Å². The normalized spacial score (nSPS) is 17.8. The summed E-state index contributed by atoms with van der Waals surface area (Å²) in [4.78, 5) is 16.4. The average Bonchev–Trinajstić information content (AvgIpc) is 3.01. The Labute approximate surface area is 160 Å². The monoisotopic (exact) mass is 443 g/mol. The molecule has 0 saturated carbocycles. The number of halogens is 1. The zero-order valence-corrected chi connectivity index (χ0v) is 16.0. The minimum Gasteiger partial charge on any atom is -0.361 e. The van der Waals surface area contributed by atoms with Crippen molar-refractivity contribution in [1.29, 1.82) is 0 Å². The number of fused-ring (bicyclic) bond motifs is 1. The second kappa shape index (κ2) is 6.63. The number of hydrazone groups is 1. The van der Waals surface area contributed by atoms with Crippen molar-refractivity contribution in [1.82, 2.24) is 9.99 Å². The van der Waals surface area contributed by atoms with Crippen molar-refractivity contribution in [2.24, 2.45) is 5.10 Å². The van der Waals surface area contributed by atoms with E-state index < -0.39 is 0 Å². The number of rotatable bonds is 3. The summed E-state index contributed by atoms with van der Waals surface area (Å²) >= 11 is 2.31. The highest BCUT2D eigenvalue weighted by Crippen LogP contribution is 2.33. The van der Waals surface area contributed by atoms with E-state index in [0.717, 1.165) is 27.7 Å². The van der Waals surface area contributed by atoms with Crippen molar-refractivity contribution in [3.8, 4) is 0 Å². The average molecular weight is 443 g/mol. The van der Waals surface area contributed by atoms with Crippen LogP contribution in [0.1, 0.15) is 30.4 Å². The molecule has 1 unspecified atom stereocenters. The molecule has 2 aromatic carbocycles. The van der Waals surface area contributed by atoms with Gasteiger partial charge in [-0.25, -0.2) is 5.01 Å². The summed E-state index contributed by atoms with van der Waals surface area (Å²) in [6, 6.07) is 16.3. The van der Waals surface area contributed by atoms with E-state index in [1.807, 2.05) is 43.5 Å². The standard InChI is InChI=1S/C20H18IN3O/c1-13-9-17(18-11-22-19-8-7-15(21)10-16(18)19)20(25)24(23-13)12-14-5-3-2-4-6-14/h2-8,10-11,17,22H,9,12H2,1H3. The molecule has 5 heteroatoms. The van der Waals surface area contributed by atoms with Gasteiger partial charge in [0.15, 0.2) is 0 Å². The molecule has 126 valence electrons. The van der Waals surface area contributed by atoms with Crippen LogP contribution in [0, 0.1) is 3.57 Å². The first-order chi connectivity index (χ1) is 12.1. The molecule has 0 saturated heterocycles. The number of hydrogen-bond donors (Lipinski definition) is 1. The van der Waals surface area contributed by atoms with Crippen LogP contribution in [0.3, 0.4) is 0 Å². The van der Waals surface area contributed by atoms with Crippen LogP contribution >= 0.6 is 22.6 Å². The topological polar surface area (TPSA) is 48.5 Å². The molecule has 1 N–H and O–H groups in total. The molecule has 2 heterocycles. The number of nitrogens with one attached hydrogen (secondary N) is 1. The first-order valence-electron chi connectivity index (χ1n) is 8.28. The van der Waals surface area contributed by atoms with E-state index in [2.05, 4.69) is 50.9 Å². The Hall–Kier alpha value is -2.15. The molecular weight excluding hydrogens is 425 g/mol. The second-order valence-electron chi connectivity index (χ2n) is 6.41. The molecule has 0 bridgehead atoms. The maximum atomic E-state index is 13.1. The zero-order valence-electron chi connectivity index (χ0n) is 13.9. The van der Waals surface area contributed by atoms with Gasteiger partial charge in [-0.2, -0.15) is 5.10 Å². The van der Waals surface area contributed by atoms with Gasteiger partial charge >= 0.3 is 0 Å². The van der Waals surface area contributed by atoms with Gasteiger partial charge in [-0.05, 0) is 58.8 Å². The lowest BCUT2D eigenvalue weighted by Crippen LogP contribution is -2.36. The first kappa shape index (κ1) is 16.3. The van der Waals surface area contributed by atoms with Crippen molar-refractivity contribution in [2.75, 3.05) is 0 Å². The largest absolute Gasteiger partial charge is 0.361 e. The van der Waals surface area contributed by atoms with Gasteiger partial charge in [0.1, 0.15) is 0 Å². The third-order valence-electron chi connectivity index (χ3n) is 4.57. The van der Waals surface area contributed by atoms with Gasteiger partial charge in [-0.1, -0.05) is 30.3 Å². The summed E-state index contributed by atoms with van der Waals surface area (Å²) in [5, 5.41) is 7.25. The van der Waals surface area contributed by atoms with Crippen LogP contribution in [0.25, 0.3) is 10.9 Å². The molecule has 0 fully saturated rings. The van der Waals surface area contributed by atoms with Crippen LogP contribution < -0.4 is 0 Å². The summed E-state index contributed by atoms with van der Waals surface area (Å²) in [5.74, 6) is -0.123. The maximum Gasteiger partial charge on any atom is 0.250 e. The van der Waals surface area contributed by atoms with Gasteiger partial charge in [-0.3, -0.25) is 4.79 Å². The van der Waals surface area contributed by atoms with Gasteiger partial charge in [-0.15, -0.1) is 0 Å². The fourth-order valence-electron chi connectivity index (χ4n) is 3.37. The number of carbonyl (C=O) groups excluding carboxylic acids is 1. The van der Waals surface area contributed by atoms with Crippen molar-refractivity contribution in [3.63, 3.8) is 0 Å². The Morgan fingerprint density at radius 3 is 2.84 bits per heavy atom. The van der Waals surface area contributed by atoms with Crippen molar-refractivity contribution in [2.45, 2.75) is 25.8 Å². The number of hydrogen-bond acceptors (Lipinski definition) is 2. The Balaban J connectivity index is 1.69. The van der Waals surface area contributed by atoms with Crippen LogP contribution in [0.15, 0.2) is 59.8 Å². The highest BCUT2D eigenvalue weighted by molar-refractivity contribution is 14.1. The molecule has 4 rings (SSSR count). The Kier molecular flexibility index (Phi) is 4.33. The number of aromatic nitrogens is 1. The fraction of sp³-hybridized carbons (Fsp3) is 0.200. The molecule has 1 aliphatic rings. The van der Waals surface area contributed by atoms with Crippen molar-refractivity contribution >= 4 is 45.1 Å². The van der Waals surface area contributed by atoms with E-state index in [4.69, 9.17) is 0 Å². The van der Waals surface area contributed by atoms with E-state index >= 15 is 0 Å². The summed E-state index contributed by atoms with van der Waals surface area (Å²) in [5.41, 5.74) is 4.20. The molecular formula is C20H18IN3O. The van der Waals surface area contributed by atoms with Gasteiger partial charge in [0.2, 0.25) is 0 Å². The minimum absolute atomic E-state index is 0.0641. The van der Waals surface area contributed by atoms with Crippen LogP contribution in [0.5, 0.6) is 0 Å². The molecule has 1 aliphatic heterocycles. The smallest absolute Gasteiger partial charge is 0.250 e. The molecule has 0 aliphatic carbocycles. The molecule has 0 spiro atoms. The summed E-state index contributed by atoms with van der Waals surface area (Å²) in [7, 11) is 0. The maximum absolute atomic E-state index is 13.1. The van der Waals surface area contributed by atoms with Crippen molar-refractivity contribution < 1.29 is 4.79 Å². The van der Waals surface area contributed by atoms with E-state index in [0.29, 0.717) is 13.0 Å². The molecule has 0 radical (unpaired) electrons. The Morgan fingerprint density at radius 2 is 2.04 bits per heavy atom. The van der Waals surface area contributed by atoms with Gasteiger partial charge in [0.05, 0.1) is 12.5 Å². The van der Waals surface area contributed by atoms with Crippen LogP contribution in [-0.4, -0.2) is 21.6 Å². The lowest BCUT2D eigenvalue weighted by atomic mass is 9.91. The number of carbonyl (C=O) groups is 1. The summed E-state index contributed by atoms with van der Waals surface area (Å²) in [6.45, 7) is 2.50. The highest BCUT2D eigenvalue weighted by atomic mass is 127. The lowest BCUT2D eigenvalue weighted by Gasteiger charge is -2.28. The minimum atomic E-state index is -0.187. The molecule has 1 aromatic heterocycles. The number of nitrogens with zero attached hydrogens (tertiary/aromatic N) is 2. The predicted octanol–water partition coefficient (Wildman–Crippen LogP) is 4.66. The van der Waals surface area contributed by atoms with Gasteiger partial charge < -0.3 is 4.98 Å². The van der Waals surface area contributed by atoms with Crippen LogP contribution in [0.4, 0.5) is 0 Å². The van der Waals surface area contributed by atoms with Crippen LogP contribution in [0.2, 0.25) is 0 Å². The first-order valence-corrected chi connectivity index (χ1v) is 9.35. The van der Waals surface area contributed by atoms with E-state index in [1.165, 1.54) is 3.57 Å². The molecule has 1 atom stereocenters. The predicted molar refractivity (Wildman–Crippen MR) is 108 cm³/mol. The second-order valence-corrected chi connectivity index (χ2v) is 7.65. The molecule has 25 heavy (non-hydrogen) atoms. The van der Waals surface area contributed by atoms with E-state index in [9.17, 15) is 4.79 Å². The summed E-state index contributed by atoms with van der Waals surface area (Å²) in [6.07, 6.45) is 2.64. The third-order valence-corrected chi connectivity index (χ3v) is 5.24. The van der Waals surface area contributed by atoms with E-state index in [-0.39, 0.29) is 11.8 Å². The number of benzene rings is 2. The summed E-state index contributed by atoms with van der Waals surface area (Å²) < 4.78 is 1.17. The SMILES string of the molecule is CC1=NN(Cc2ccccc2)C(=O)C(c2c[nH]c3ccc(I)cc23)C1. The number of aromatic amines is 1. The van der Waals surface area contributed by atoms with Gasteiger partial charge in [0, 0.05) is 32.8 Å². The van der Waals surface area contributed by atoms with Gasteiger partial charge in [0.25, 0.3) is 5.91 Å². The number of amides is 1. The lowest BCUT2D eigenvalue weighted by molar-refractivity contribution is -0.134. The molecule has 1 amide bonds. The number of H-pyrrole nitrogens is 1. The Morgan fingerprint density at radius 1 is 1.24 bits per heavy atom. The third kappa shape index (κ3) is 3.20. The Bertz CT molecular complexity index is 961. The highest BCUT2D eigenvalue weighted by Gasteiger charge is 2.32. The quantitative estimate of drug-likeness (QED) is 0.588. The fourth-order valence-corrected chi connectivity index (χ4v) is 3.87. The zero-order chi connectivity index (χ0) is 17.4.